The number of rotatable bonds is 7. The van der Waals surface area contributed by atoms with Crippen molar-refractivity contribution in [3.8, 4) is 0 Å². The molecule has 0 aromatic heterocycles. The molecule has 0 heterocycles. The number of hydrogen-bond donors (Lipinski definition) is 1. The predicted molar refractivity (Wildman–Crippen MR) is 91.5 cm³/mol. The Morgan fingerprint density at radius 3 is 2.65 bits per heavy atom. The lowest BCUT2D eigenvalue weighted by molar-refractivity contribution is 0.637. The fourth-order valence-electron chi connectivity index (χ4n) is 3.04. The van der Waals surface area contributed by atoms with Gasteiger partial charge in [-0.3, -0.25) is 0 Å². The van der Waals surface area contributed by atoms with Crippen molar-refractivity contribution in [1.82, 2.24) is 5.32 Å². The van der Waals surface area contributed by atoms with Gasteiger partial charge in [-0.25, -0.2) is 0 Å². The van der Waals surface area contributed by atoms with Crippen LogP contribution < -0.4 is 5.32 Å². The van der Waals surface area contributed by atoms with Crippen LogP contribution in [-0.4, -0.2) is 18.1 Å². The number of benzene rings is 1. The molecule has 0 amide bonds. The van der Waals surface area contributed by atoms with Gasteiger partial charge in [0.1, 0.15) is 0 Å². The van der Waals surface area contributed by atoms with Gasteiger partial charge in [0, 0.05) is 17.0 Å². The summed E-state index contributed by atoms with van der Waals surface area (Å²) in [6.45, 7) is 4.58. The van der Waals surface area contributed by atoms with Crippen molar-refractivity contribution in [1.29, 1.82) is 0 Å². The molecule has 2 heteroatoms. The van der Waals surface area contributed by atoms with Gasteiger partial charge in [0.2, 0.25) is 0 Å². The van der Waals surface area contributed by atoms with E-state index in [1.165, 1.54) is 49.0 Å². The topological polar surface area (TPSA) is 12.0 Å². The van der Waals surface area contributed by atoms with Crippen LogP contribution >= 0.6 is 11.8 Å². The zero-order valence-corrected chi connectivity index (χ0v) is 14.0. The van der Waals surface area contributed by atoms with E-state index in [-0.39, 0.29) is 0 Å². The molecule has 20 heavy (non-hydrogen) atoms. The van der Waals surface area contributed by atoms with E-state index in [4.69, 9.17) is 0 Å². The van der Waals surface area contributed by atoms with Gasteiger partial charge >= 0.3 is 0 Å². The number of hydrogen-bond acceptors (Lipinski definition) is 2. The van der Waals surface area contributed by atoms with Gasteiger partial charge in [-0.15, -0.1) is 0 Å². The van der Waals surface area contributed by atoms with Crippen molar-refractivity contribution in [2.75, 3.05) is 12.8 Å². The van der Waals surface area contributed by atoms with Crippen molar-refractivity contribution in [3.05, 3.63) is 35.4 Å². The summed E-state index contributed by atoms with van der Waals surface area (Å²) in [7, 11) is 2.09. The lowest BCUT2D eigenvalue weighted by Crippen LogP contribution is -2.20. The maximum atomic E-state index is 3.50. The van der Waals surface area contributed by atoms with Crippen molar-refractivity contribution >= 4 is 11.8 Å². The third kappa shape index (κ3) is 4.82. The fourth-order valence-corrected chi connectivity index (χ4v) is 4.53. The Labute approximate surface area is 128 Å². The van der Waals surface area contributed by atoms with Crippen LogP contribution in [0.3, 0.4) is 0 Å². The molecule has 1 aliphatic carbocycles. The Morgan fingerprint density at radius 2 is 2.00 bits per heavy atom. The van der Waals surface area contributed by atoms with Gasteiger partial charge in [0.05, 0.1) is 0 Å². The van der Waals surface area contributed by atoms with Crippen LogP contribution in [0.15, 0.2) is 24.3 Å². The molecule has 1 aromatic rings. The van der Waals surface area contributed by atoms with Gasteiger partial charge in [0.15, 0.2) is 0 Å². The van der Waals surface area contributed by atoms with E-state index in [9.17, 15) is 0 Å². The summed E-state index contributed by atoms with van der Waals surface area (Å²) >= 11 is 2.17. The molecular formula is C18H29NS. The van der Waals surface area contributed by atoms with E-state index in [2.05, 4.69) is 62.2 Å². The van der Waals surface area contributed by atoms with Gasteiger partial charge < -0.3 is 5.32 Å². The van der Waals surface area contributed by atoms with Crippen LogP contribution in [-0.2, 0) is 6.42 Å². The monoisotopic (exact) mass is 291 g/mol. The molecule has 2 rings (SSSR count). The summed E-state index contributed by atoms with van der Waals surface area (Å²) in [5.41, 5.74) is 2.93. The Bertz CT molecular complexity index is 396. The summed E-state index contributed by atoms with van der Waals surface area (Å²) < 4.78 is 0. The summed E-state index contributed by atoms with van der Waals surface area (Å²) in [4.78, 5) is 0. The molecule has 0 bridgehead atoms. The first-order chi connectivity index (χ1) is 9.69. The van der Waals surface area contributed by atoms with E-state index >= 15 is 0 Å². The second-order valence-electron chi connectivity index (χ2n) is 6.42. The molecule has 112 valence electrons. The van der Waals surface area contributed by atoms with Crippen molar-refractivity contribution in [3.63, 3.8) is 0 Å². The highest BCUT2D eigenvalue weighted by atomic mass is 32.2. The highest BCUT2D eigenvalue weighted by molar-refractivity contribution is 7.99. The van der Waals surface area contributed by atoms with Gasteiger partial charge in [-0.1, -0.05) is 51.0 Å². The second kappa shape index (κ2) is 8.09. The standard InChI is InChI=1S/C18H29NS/c1-14(2)11-15-7-6-8-16(12-15)18(19-3)13-20-17-9-4-5-10-17/h6-8,12,14,17-19H,4-5,9-11,13H2,1-3H3. The highest BCUT2D eigenvalue weighted by Gasteiger charge is 2.18. The Morgan fingerprint density at radius 1 is 1.25 bits per heavy atom. The van der Waals surface area contributed by atoms with Gasteiger partial charge in [-0.05, 0) is 43.4 Å². The van der Waals surface area contributed by atoms with Crippen LogP contribution in [0, 0.1) is 5.92 Å². The molecule has 0 aliphatic heterocycles. The molecule has 1 atom stereocenters. The minimum absolute atomic E-state index is 0.493. The summed E-state index contributed by atoms with van der Waals surface area (Å²) in [6.07, 6.45) is 6.90. The first-order valence-electron chi connectivity index (χ1n) is 8.06. The zero-order valence-electron chi connectivity index (χ0n) is 13.2. The largest absolute Gasteiger partial charge is 0.312 e. The normalized spacial score (nSPS) is 17.8. The third-order valence-corrected chi connectivity index (χ3v) is 5.62. The Hall–Kier alpha value is -0.470. The lowest BCUT2D eigenvalue weighted by atomic mass is 9.99. The Balaban J connectivity index is 1.95. The van der Waals surface area contributed by atoms with E-state index in [1.54, 1.807) is 0 Å². The minimum Gasteiger partial charge on any atom is -0.312 e. The number of nitrogens with one attached hydrogen (secondary N) is 1. The summed E-state index contributed by atoms with van der Waals surface area (Å²) in [5, 5.41) is 4.41. The fraction of sp³-hybridized carbons (Fsp3) is 0.667. The quantitative estimate of drug-likeness (QED) is 0.773. The maximum absolute atomic E-state index is 3.50. The zero-order chi connectivity index (χ0) is 14.4. The van der Waals surface area contributed by atoms with Gasteiger partial charge in [-0.2, -0.15) is 11.8 Å². The predicted octanol–water partition coefficient (Wildman–Crippen LogP) is 4.82. The van der Waals surface area contributed by atoms with E-state index in [0.29, 0.717) is 6.04 Å². The molecule has 1 aliphatic rings. The molecule has 1 N–H and O–H groups in total. The number of thioether (sulfide) groups is 1. The molecule has 1 saturated carbocycles. The van der Waals surface area contributed by atoms with Crippen LogP contribution in [0.5, 0.6) is 0 Å². The molecule has 0 radical (unpaired) electrons. The molecule has 0 spiro atoms. The van der Waals surface area contributed by atoms with Crippen LogP contribution in [0.25, 0.3) is 0 Å². The highest BCUT2D eigenvalue weighted by Crippen LogP contribution is 2.32. The molecule has 1 aromatic carbocycles. The second-order valence-corrected chi connectivity index (χ2v) is 7.76. The smallest absolute Gasteiger partial charge is 0.0409 e. The first kappa shape index (κ1) is 15.9. The SMILES string of the molecule is CNC(CSC1CCCC1)c1cccc(CC(C)C)c1. The van der Waals surface area contributed by atoms with Crippen LogP contribution in [0.4, 0.5) is 0 Å². The van der Waals surface area contributed by atoms with Crippen LogP contribution in [0.2, 0.25) is 0 Å². The van der Waals surface area contributed by atoms with E-state index in [1.807, 2.05) is 0 Å². The molecule has 1 unspecified atom stereocenters. The lowest BCUT2D eigenvalue weighted by Gasteiger charge is -2.19. The summed E-state index contributed by atoms with van der Waals surface area (Å²) in [6, 6.07) is 9.65. The summed E-state index contributed by atoms with van der Waals surface area (Å²) in [5.74, 6) is 1.93. The Kier molecular flexibility index (Phi) is 6.44. The molecule has 1 fully saturated rings. The van der Waals surface area contributed by atoms with Crippen molar-refractivity contribution in [2.24, 2.45) is 5.92 Å². The van der Waals surface area contributed by atoms with Crippen LogP contribution in [0.1, 0.15) is 56.7 Å². The van der Waals surface area contributed by atoms with Gasteiger partial charge in [0.25, 0.3) is 0 Å². The van der Waals surface area contributed by atoms with Crippen molar-refractivity contribution in [2.45, 2.75) is 57.2 Å². The maximum Gasteiger partial charge on any atom is 0.0409 e. The first-order valence-corrected chi connectivity index (χ1v) is 9.11. The average Bonchev–Trinajstić information content (AvgIpc) is 2.92. The molecule has 0 saturated heterocycles. The minimum atomic E-state index is 0.493. The molecular weight excluding hydrogens is 262 g/mol. The average molecular weight is 292 g/mol. The third-order valence-electron chi connectivity index (χ3n) is 4.15. The molecule has 1 nitrogen and oxygen atoms in total. The van der Waals surface area contributed by atoms with Crippen molar-refractivity contribution < 1.29 is 0 Å². The van der Waals surface area contributed by atoms with E-state index < -0.39 is 0 Å². The van der Waals surface area contributed by atoms with E-state index in [0.717, 1.165) is 11.2 Å².